The minimum atomic E-state index is -0.362. The van der Waals surface area contributed by atoms with Crippen molar-refractivity contribution in [2.75, 3.05) is 26.2 Å². The molecule has 2 heterocycles. The van der Waals surface area contributed by atoms with Gasteiger partial charge in [0.15, 0.2) is 0 Å². The van der Waals surface area contributed by atoms with Gasteiger partial charge in [0.1, 0.15) is 0 Å². The highest BCUT2D eigenvalue weighted by atomic mass is 16.2. The first-order valence-corrected chi connectivity index (χ1v) is 8.78. The summed E-state index contributed by atoms with van der Waals surface area (Å²) in [5.41, 5.74) is -0.651. The molecule has 0 saturated carbocycles. The molecule has 2 amide bonds. The molecule has 3 aliphatic rings. The minimum absolute atomic E-state index is 0.217. The van der Waals surface area contributed by atoms with Crippen LogP contribution in [0.1, 0.15) is 39.5 Å². The van der Waals surface area contributed by atoms with Crippen LogP contribution < -0.4 is 0 Å². The highest BCUT2D eigenvalue weighted by Gasteiger charge is 2.56. The number of carbonyl (C=O) groups excluding carboxylic acids is 2. The second kappa shape index (κ2) is 5.81. The molecule has 126 valence electrons. The van der Waals surface area contributed by atoms with E-state index in [0.29, 0.717) is 19.6 Å². The van der Waals surface area contributed by atoms with Crippen molar-refractivity contribution < 1.29 is 9.59 Å². The van der Waals surface area contributed by atoms with Crippen LogP contribution in [0.2, 0.25) is 0 Å². The van der Waals surface area contributed by atoms with Crippen molar-refractivity contribution in [1.82, 2.24) is 9.80 Å². The highest BCUT2D eigenvalue weighted by molar-refractivity contribution is 5.89. The zero-order chi connectivity index (χ0) is 16.7. The van der Waals surface area contributed by atoms with E-state index in [4.69, 9.17) is 0 Å². The van der Waals surface area contributed by atoms with Crippen LogP contribution in [0.5, 0.6) is 0 Å². The van der Waals surface area contributed by atoms with Gasteiger partial charge in [-0.05, 0) is 31.6 Å². The van der Waals surface area contributed by atoms with Crippen molar-refractivity contribution in [2.45, 2.75) is 39.5 Å². The lowest BCUT2D eigenvalue weighted by molar-refractivity contribution is -0.142. The predicted molar refractivity (Wildman–Crippen MR) is 90.7 cm³/mol. The van der Waals surface area contributed by atoms with Crippen LogP contribution >= 0.6 is 0 Å². The maximum absolute atomic E-state index is 13.1. The Labute approximate surface area is 139 Å². The van der Waals surface area contributed by atoms with Gasteiger partial charge in [0.2, 0.25) is 11.8 Å². The van der Waals surface area contributed by atoms with E-state index in [1.165, 1.54) is 0 Å². The molecule has 1 spiro atoms. The Hall–Kier alpha value is -1.58. The normalized spacial score (nSPS) is 37.0. The Morgan fingerprint density at radius 3 is 2.87 bits per heavy atom. The quantitative estimate of drug-likeness (QED) is 0.751. The molecule has 1 unspecified atom stereocenters. The Bertz CT molecular complexity index is 556. The van der Waals surface area contributed by atoms with Crippen LogP contribution in [0, 0.1) is 16.7 Å². The number of allylic oxidation sites excluding steroid dienone is 2. The maximum atomic E-state index is 13.1. The minimum Gasteiger partial charge on any atom is -0.341 e. The highest BCUT2D eigenvalue weighted by Crippen LogP contribution is 2.46. The zero-order valence-electron chi connectivity index (χ0n) is 14.4. The molecule has 0 bridgehead atoms. The summed E-state index contributed by atoms with van der Waals surface area (Å²) in [5.74, 6) is 0.686. The molecule has 3 rings (SSSR count). The van der Waals surface area contributed by atoms with E-state index < -0.39 is 0 Å². The Balaban J connectivity index is 1.76. The van der Waals surface area contributed by atoms with Crippen molar-refractivity contribution in [2.24, 2.45) is 16.7 Å². The standard InChI is InChI=1S/C19H28N2O2/c1-4-11-20-12-10-19(17(20)23)14-21(13-15(19)2)16(22)18(3)8-6-5-7-9-18/h4-6,15H,1,7-14H2,2-3H3/t15-,18?,19-/m1/s1. The van der Waals surface area contributed by atoms with Gasteiger partial charge in [-0.1, -0.05) is 32.1 Å². The number of rotatable bonds is 3. The summed E-state index contributed by atoms with van der Waals surface area (Å²) in [7, 11) is 0. The second-order valence-corrected chi connectivity index (χ2v) is 7.81. The summed E-state index contributed by atoms with van der Waals surface area (Å²) in [6.07, 6.45) is 9.65. The SMILES string of the molecule is C=CCN1CC[C@]2(CN(C(=O)C3(C)CC=CCC3)C[C@H]2C)C1=O. The zero-order valence-corrected chi connectivity index (χ0v) is 14.4. The van der Waals surface area contributed by atoms with E-state index in [2.05, 4.69) is 32.6 Å². The molecule has 23 heavy (non-hydrogen) atoms. The lowest BCUT2D eigenvalue weighted by Crippen LogP contribution is -2.44. The molecule has 4 nitrogen and oxygen atoms in total. The summed E-state index contributed by atoms with van der Waals surface area (Å²) in [6.45, 7) is 10.7. The third-order valence-corrected chi connectivity index (χ3v) is 6.20. The van der Waals surface area contributed by atoms with Gasteiger partial charge >= 0.3 is 0 Å². The van der Waals surface area contributed by atoms with Crippen molar-refractivity contribution in [3.05, 3.63) is 24.8 Å². The number of carbonyl (C=O) groups is 2. The van der Waals surface area contributed by atoms with E-state index in [9.17, 15) is 9.59 Å². The summed E-state index contributed by atoms with van der Waals surface area (Å²) in [4.78, 5) is 29.8. The van der Waals surface area contributed by atoms with Crippen LogP contribution in [0.3, 0.4) is 0 Å². The van der Waals surface area contributed by atoms with Gasteiger partial charge in [-0.3, -0.25) is 9.59 Å². The second-order valence-electron chi connectivity index (χ2n) is 7.81. The van der Waals surface area contributed by atoms with Crippen LogP contribution in [0.4, 0.5) is 0 Å². The first-order valence-electron chi connectivity index (χ1n) is 8.78. The van der Waals surface area contributed by atoms with E-state index in [-0.39, 0.29) is 28.6 Å². The number of nitrogens with zero attached hydrogens (tertiary/aromatic N) is 2. The fourth-order valence-corrected chi connectivity index (χ4v) is 4.55. The van der Waals surface area contributed by atoms with Gasteiger partial charge in [0.25, 0.3) is 0 Å². The van der Waals surface area contributed by atoms with Crippen LogP contribution in [0.25, 0.3) is 0 Å². The largest absolute Gasteiger partial charge is 0.341 e. The summed E-state index contributed by atoms with van der Waals surface area (Å²) in [6, 6.07) is 0. The summed E-state index contributed by atoms with van der Waals surface area (Å²) in [5, 5.41) is 0. The molecule has 0 aromatic rings. The van der Waals surface area contributed by atoms with Gasteiger partial charge in [-0.25, -0.2) is 0 Å². The number of amides is 2. The van der Waals surface area contributed by atoms with Crippen LogP contribution in [-0.2, 0) is 9.59 Å². The van der Waals surface area contributed by atoms with E-state index in [1.807, 2.05) is 9.80 Å². The summed E-state index contributed by atoms with van der Waals surface area (Å²) >= 11 is 0. The van der Waals surface area contributed by atoms with Crippen LogP contribution in [0.15, 0.2) is 24.8 Å². The lowest BCUT2D eigenvalue weighted by Gasteiger charge is -2.34. The van der Waals surface area contributed by atoms with Gasteiger partial charge in [0, 0.05) is 26.2 Å². The molecule has 4 heteroatoms. The fourth-order valence-electron chi connectivity index (χ4n) is 4.55. The van der Waals surface area contributed by atoms with Crippen molar-refractivity contribution >= 4 is 11.8 Å². The van der Waals surface area contributed by atoms with Crippen LogP contribution in [-0.4, -0.2) is 47.8 Å². The van der Waals surface area contributed by atoms with E-state index in [0.717, 1.165) is 32.2 Å². The van der Waals surface area contributed by atoms with Crippen molar-refractivity contribution in [3.63, 3.8) is 0 Å². The molecular formula is C19H28N2O2. The smallest absolute Gasteiger partial charge is 0.231 e. The molecule has 2 saturated heterocycles. The van der Waals surface area contributed by atoms with Gasteiger partial charge in [0.05, 0.1) is 10.8 Å². The molecule has 0 aromatic heterocycles. The summed E-state index contributed by atoms with van der Waals surface area (Å²) < 4.78 is 0. The molecule has 2 aliphatic heterocycles. The first-order chi connectivity index (χ1) is 10.9. The maximum Gasteiger partial charge on any atom is 0.231 e. The number of hydrogen-bond donors (Lipinski definition) is 0. The predicted octanol–water partition coefficient (Wildman–Crippen LogP) is 2.62. The van der Waals surface area contributed by atoms with E-state index >= 15 is 0 Å². The van der Waals surface area contributed by atoms with E-state index in [1.54, 1.807) is 6.08 Å². The van der Waals surface area contributed by atoms with Gasteiger partial charge in [-0.15, -0.1) is 6.58 Å². The Morgan fingerprint density at radius 1 is 1.43 bits per heavy atom. The third-order valence-electron chi connectivity index (χ3n) is 6.20. The Kier molecular flexibility index (Phi) is 4.11. The lowest BCUT2D eigenvalue weighted by atomic mass is 9.77. The molecular weight excluding hydrogens is 288 g/mol. The average molecular weight is 316 g/mol. The Morgan fingerprint density at radius 2 is 2.22 bits per heavy atom. The molecule has 0 N–H and O–H groups in total. The topological polar surface area (TPSA) is 40.6 Å². The fraction of sp³-hybridized carbons (Fsp3) is 0.684. The molecule has 2 fully saturated rings. The number of hydrogen-bond acceptors (Lipinski definition) is 2. The molecule has 0 aromatic carbocycles. The molecule has 0 radical (unpaired) electrons. The third kappa shape index (κ3) is 2.52. The first kappa shape index (κ1) is 16.3. The van der Waals surface area contributed by atoms with Crippen molar-refractivity contribution in [3.8, 4) is 0 Å². The average Bonchev–Trinajstić information content (AvgIpc) is 3.03. The number of likely N-dealkylation sites (tertiary alicyclic amines) is 2. The van der Waals surface area contributed by atoms with Gasteiger partial charge < -0.3 is 9.80 Å². The van der Waals surface area contributed by atoms with Crippen molar-refractivity contribution in [1.29, 1.82) is 0 Å². The van der Waals surface area contributed by atoms with Gasteiger partial charge in [-0.2, -0.15) is 0 Å². The monoisotopic (exact) mass is 316 g/mol. The molecule has 3 atom stereocenters. The molecule has 1 aliphatic carbocycles.